The minimum atomic E-state index is 0. The van der Waals surface area contributed by atoms with E-state index in [1.54, 1.807) is 4.68 Å². The molecule has 2 heterocycles. The van der Waals surface area contributed by atoms with E-state index in [4.69, 9.17) is 16.7 Å². The lowest BCUT2D eigenvalue weighted by atomic mass is 10.0. The minimum Gasteiger partial charge on any atom is -0.306 e. The maximum Gasteiger partial charge on any atom is 0.274 e. The number of halogens is 3. The van der Waals surface area contributed by atoms with Gasteiger partial charge >= 0.3 is 0 Å². The maximum atomic E-state index is 13.1. The van der Waals surface area contributed by atoms with E-state index in [-0.39, 0.29) is 36.4 Å². The number of hydrogen-bond acceptors (Lipinski definition) is 3. The molecule has 1 aliphatic heterocycles. The number of rotatable bonds is 3. The molecule has 1 unspecified atom stereocenters. The third-order valence-electron chi connectivity index (χ3n) is 5.46. The minimum absolute atomic E-state index is 0. The molecule has 7 heteroatoms. The molecule has 0 N–H and O–H groups in total. The standard InChI is InChI=1S/C22H24ClN3O.2ClH/c1-25-13-4-5-18(12-14-25)26-22(27)20-7-3-2-6-19(20)21(24-26)15-16-8-10-17(23)11-9-16;;/h2-3,6-11,18H,4-5,12-15H2,1H3;2*1H. The van der Waals surface area contributed by atoms with Gasteiger partial charge in [-0.2, -0.15) is 5.10 Å². The summed E-state index contributed by atoms with van der Waals surface area (Å²) in [5.41, 5.74) is 2.12. The number of likely N-dealkylation sites (tertiary alicyclic amines) is 1. The largest absolute Gasteiger partial charge is 0.306 e. The van der Waals surface area contributed by atoms with Crippen LogP contribution in [0.5, 0.6) is 0 Å². The van der Waals surface area contributed by atoms with Gasteiger partial charge in [0.05, 0.1) is 17.1 Å². The fourth-order valence-corrected chi connectivity index (χ4v) is 4.04. The number of aromatic nitrogens is 2. The highest BCUT2D eigenvalue weighted by atomic mass is 35.5. The summed E-state index contributed by atoms with van der Waals surface area (Å²) in [6.07, 6.45) is 3.73. The van der Waals surface area contributed by atoms with Crippen LogP contribution in [0.1, 0.15) is 36.6 Å². The molecule has 4 nitrogen and oxygen atoms in total. The van der Waals surface area contributed by atoms with Crippen molar-refractivity contribution in [1.82, 2.24) is 14.7 Å². The molecule has 1 aromatic heterocycles. The van der Waals surface area contributed by atoms with Crippen LogP contribution in [-0.2, 0) is 6.42 Å². The molecule has 29 heavy (non-hydrogen) atoms. The monoisotopic (exact) mass is 453 g/mol. The molecule has 1 fully saturated rings. The summed E-state index contributed by atoms with van der Waals surface area (Å²) in [7, 11) is 2.14. The van der Waals surface area contributed by atoms with Crippen molar-refractivity contribution >= 4 is 47.2 Å². The first-order chi connectivity index (χ1) is 13.1. The molecule has 1 saturated heterocycles. The molecule has 1 atom stereocenters. The van der Waals surface area contributed by atoms with Crippen molar-refractivity contribution in [2.24, 2.45) is 0 Å². The summed E-state index contributed by atoms with van der Waals surface area (Å²) in [5.74, 6) is 0. The SMILES string of the molecule is CN1CCCC(n2nc(Cc3ccc(Cl)cc3)c3ccccc3c2=O)CC1.Cl.Cl. The molecule has 0 radical (unpaired) electrons. The molecule has 156 valence electrons. The lowest BCUT2D eigenvalue weighted by Gasteiger charge is -2.19. The summed E-state index contributed by atoms with van der Waals surface area (Å²) in [5, 5.41) is 7.29. The van der Waals surface area contributed by atoms with Crippen LogP contribution in [0.25, 0.3) is 10.8 Å². The Balaban J connectivity index is 0.00000150. The van der Waals surface area contributed by atoms with Gasteiger partial charge in [0.15, 0.2) is 0 Å². The first-order valence-electron chi connectivity index (χ1n) is 9.55. The van der Waals surface area contributed by atoms with Crippen LogP contribution in [0, 0.1) is 0 Å². The Labute approximate surface area is 188 Å². The van der Waals surface area contributed by atoms with Crippen LogP contribution in [0.2, 0.25) is 5.02 Å². The van der Waals surface area contributed by atoms with Gasteiger partial charge < -0.3 is 4.90 Å². The predicted octanol–water partition coefficient (Wildman–Crippen LogP) is 5.14. The fourth-order valence-electron chi connectivity index (χ4n) is 3.91. The van der Waals surface area contributed by atoms with Crippen LogP contribution < -0.4 is 5.56 Å². The molecule has 0 bridgehead atoms. The number of benzene rings is 2. The second-order valence-electron chi connectivity index (χ2n) is 7.43. The molecule has 0 amide bonds. The van der Waals surface area contributed by atoms with Gasteiger partial charge in [0, 0.05) is 16.8 Å². The molecule has 4 rings (SSSR count). The highest BCUT2D eigenvalue weighted by Gasteiger charge is 2.21. The van der Waals surface area contributed by atoms with Crippen LogP contribution in [-0.4, -0.2) is 34.8 Å². The van der Waals surface area contributed by atoms with E-state index in [0.717, 1.165) is 59.4 Å². The van der Waals surface area contributed by atoms with Gasteiger partial charge in [-0.25, -0.2) is 4.68 Å². The van der Waals surface area contributed by atoms with Crippen LogP contribution >= 0.6 is 36.4 Å². The van der Waals surface area contributed by atoms with Crippen molar-refractivity contribution in [3.8, 4) is 0 Å². The summed E-state index contributed by atoms with van der Waals surface area (Å²) in [6, 6.07) is 15.8. The zero-order valence-corrected chi connectivity index (χ0v) is 18.8. The van der Waals surface area contributed by atoms with Gasteiger partial charge in [-0.05, 0) is 63.2 Å². The van der Waals surface area contributed by atoms with Gasteiger partial charge in [-0.3, -0.25) is 4.79 Å². The highest BCUT2D eigenvalue weighted by Crippen LogP contribution is 2.23. The van der Waals surface area contributed by atoms with E-state index in [0.29, 0.717) is 6.42 Å². The van der Waals surface area contributed by atoms with E-state index in [1.165, 1.54) is 0 Å². The molecule has 0 aliphatic carbocycles. The van der Waals surface area contributed by atoms with E-state index < -0.39 is 0 Å². The van der Waals surface area contributed by atoms with Gasteiger partial charge in [0.1, 0.15) is 0 Å². The highest BCUT2D eigenvalue weighted by molar-refractivity contribution is 6.30. The number of hydrogen-bond donors (Lipinski definition) is 0. The molecule has 2 aromatic carbocycles. The fraction of sp³-hybridized carbons (Fsp3) is 0.364. The zero-order chi connectivity index (χ0) is 18.8. The topological polar surface area (TPSA) is 38.1 Å². The number of fused-ring (bicyclic) bond motifs is 1. The van der Waals surface area contributed by atoms with E-state index >= 15 is 0 Å². The first-order valence-corrected chi connectivity index (χ1v) is 9.93. The zero-order valence-electron chi connectivity index (χ0n) is 16.4. The summed E-state index contributed by atoms with van der Waals surface area (Å²) < 4.78 is 1.76. The molecule has 0 saturated carbocycles. The molecule has 1 aliphatic rings. The van der Waals surface area contributed by atoms with Crippen LogP contribution in [0.4, 0.5) is 0 Å². The average Bonchev–Trinajstić information content (AvgIpc) is 2.90. The Hall–Kier alpha value is -1.59. The Morgan fingerprint density at radius 1 is 1.00 bits per heavy atom. The van der Waals surface area contributed by atoms with Crippen molar-refractivity contribution < 1.29 is 0 Å². The second-order valence-corrected chi connectivity index (χ2v) is 7.87. The van der Waals surface area contributed by atoms with Crippen molar-refractivity contribution in [1.29, 1.82) is 0 Å². The third-order valence-corrected chi connectivity index (χ3v) is 5.71. The Morgan fingerprint density at radius 3 is 2.41 bits per heavy atom. The molecule has 0 spiro atoms. The lowest BCUT2D eigenvalue weighted by molar-refractivity contribution is 0.334. The average molecular weight is 455 g/mol. The summed E-state index contributed by atoms with van der Waals surface area (Å²) >= 11 is 6.02. The molecular formula is C22H26Cl3N3O. The molecular weight excluding hydrogens is 429 g/mol. The van der Waals surface area contributed by atoms with Crippen molar-refractivity contribution in [2.75, 3.05) is 20.1 Å². The van der Waals surface area contributed by atoms with Crippen molar-refractivity contribution in [2.45, 2.75) is 31.7 Å². The Morgan fingerprint density at radius 2 is 1.69 bits per heavy atom. The number of nitrogens with zero attached hydrogens (tertiary/aromatic N) is 3. The Kier molecular flexibility index (Phi) is 8.53. The first kappa shape index (κ1) is 23.7. The van der Waals surface area contributed by atoms with Gasteiger partial charge in [-0.1, -0.05) is 41.9 Å². The lowest BCUT2D eigenvalue weighted by Crippen LogP contribution is -2.29. The second kappa shape index (κ2) is 10.4. The van der Waals surface area contributed by atoms with Crippen molar-refractivity contribution in [3.05, 3.63) is 75.2 Å². The molecule has 3 aromatic rings. The van der Waals surface area contributed by atoms with Crippen molar-refractivity contribution in [3.63, 3.8) is 0 Å². The summed E-state index contributed by atoms with van der Waals surface area (Å²) in [4.78, 5) is 15.5. The predicted molar refractivity (Wildman–Crippen MR) is 125 cm³/mol. The van der Waals surface area contributed by atoms with Crippen LogP contribution in [0.15, 0.2) is 53.3 Å². The van der Waals surface area contributed by atoms with Gasteiger partial charge in [0.25, 0.3) is 5.56 Å². The Bertz CT molecular complexity index is 1000. The van der Waals surface area contributed by atoms with E-state index in [1.807, 2.05) is 48.5 Å². The normalized spacial score (nSPS) is 17.2. The quantitative estimate of drug-likeness (QED) is 0.550. The smallest absolute Gasteiger partial charge is 0.274 e. The van der Waals surface area contributed by atoms with E-state index in [9.17, 15) is 4.79 Å². The maximum absolute atomic E-state index is 13.1. The summed E-state index contributed by atoms with van der Waals surface area (Å²) in [6.45, 7) is 2.08. The van der Waals surface area contributed by atoms with Crippen LogP contribution in [0.3, 0.4) is 0 Å². The van der Waals surface area contributed by atoms with Gasteiger partial charge in [0.2, 0.25) is 0 Å². The van der Waals surface area contributed by atoms with E-state index in [2.05, 4.69) is 11.9 Å². The third kappa shape index (κ3) is 5.32. The van der Waals surface area contributed by atoms with Gasteiger partial charge in [-0.15, -0.1) is 24.8 Å².